The summed E-state index contributed by atoms with van der Waals surface area (Å²) in [5, 5.41) is 9.36. The first kappa shape index (κ1) is 17.3. The van der Waals surface area contributed by atoms with Crippen LogP contribution >= 0.6 is 11.3 Å². The van der Waals surface area contributed by atoms with Gasteiger partial charge in [-0.15, -0.1) is 16.4 Å². The molecular formula is C19H18N6OS. The van der Waals surface area contributed by atoms with E-state index in [2.05, 4.69) is 15.3 Å². The van der Waals surface area contributed by atoms with Gasteiger partial charge in [-0.25, -0.2) is 14.7 Å². The van der Waals surface area contributed by atoms with Crippen LogP contribution in [-0.2, 0) is 0 Å². The van der Waals surface area contributed by atoms with E-state index in [1.807, 2.05) is 56.3 Å². The van der Waals surface area contributed by atoms with Crippen LogP contribution < -0.4 is 0 Å². The van der Waals surface area contributed by atoms with Gasteiger partial charge in [0.2, 0.25) is 0 Å². The van der Waals surface area contributed by atoms with Gasteiger partial charge in [0.15, 0.2) is 5.78 Å². The van der Waals surface area contributed by atoms with Crippen LogP contribution in [0.15, 0.2) is 35.3 Å². The average molecular weight is 378 g/mol. The first-order valence-electron chi connectivity index (χ1n) is 8.42. The van der Waals surface area contributed by atoms with E-state index in [-0.39, 0.29) is 5.78 Å². The summed E-state index contributed by atoms with van der Waals surface area (Å²) >= 11 is 1.37. The van der Waals surface area contributed by atoms with Crippen molar-refractivity contribution in [1.82, 2.24) is 24.9 Å². The second-order valence-electron chi connectivity index (χ2n) is 6.48. The number of aromatic nitrogens is 4. The van der Waals surface area contributed by atoms with E-state index >= 15 is 0 Å². The lowest BCUT2D eigenvalue weighted by Crippen LogP contribution is -2.07. The molecule has 0 spiro atoms. The third-order valence-electron chi connectivity index (χ3n) is 4.14. The molecule has 3 heterocycles. The van der Waals surface area contributed by atoms with E-state index in [0.29, 0.717) is 10.6 Å². The number of hydrogen-bond acceptors (Lipinski definition) is 6. The Hall–Kier alpha value is -3.13. The first-order valence-corrected chi connectivity index (χ1v) is 9.24. The number of hydrogen-bond donors (Lipinski definition) is 0. The van der Waals surface area contributed by atoms with Gasteiger partial charge >= 0.3 is 0 Å². The van der Waals surface area contributed by atoms with Crippen molar-refractivity contribution in [3.63, 3.8) is 0 Å². The second-order valence-corrected chi connectivity index (χ2v) is 7.48. The molecule has 7 nitrogen and oxygen atoms in total. The zero-order chi connectivity index (χ0) is 19.1. The van der Waals surface area contributed by atoms with Crippen LogP contribution in [0.1, 0.15) is 22.3 Å². The van der Waals surface area contributed by atoms with Crippen molar-refractivity contribution in [2.24, 2.45) is 4.99 Å². The molecule has 136 valence electrons. The van der Waals surface area contributed by atoms with Gasteiger partial charge in [-0.05, 0) is 25.1 Å². The minimum atomic E-state index is -0.0192. The molecule has 0 N–H and O–H groups in total. The highest BCUT2D eigenvalue weighted by Gasteiger charge is 2.19. The van der Waals surface area contributed by atoms with E-state index < -0.39 is 0 Å². The van der Waals surface area contributed by atoms with Crippen LogP contribution in [0.2, 0.25) is 0 Å². The monoisotopic (exact) mass is 378 g/mol. The molecule has 27 heavy (non-hydrogen) atoms. The summed E-state index contributed by atoms with van der Waals surface area (Å²) in [5.41, 5.74) is 4.01. The number of para-hydroxylation sites is 1. The fraction of sp³-hybridized carbons (Fsp3) is 0.211. The molecule has 8 heteroatoms. The number of thiophene rings is 1. The Balaban J connectivity index is 1.99. The number of ketones is 1. The van der Waals surface area contributed by atoms with Crippen molar-refractivity contribution < 1.29 is 4.79 Å². The van der Waals surface area contributed by atoms with E-state index in [1.165, 1.54) is 11.3 Å². The zero-order valence-electron chi connectivity index (χ0n) is 15.5. The maximum Gasteiger partial charge on any atom is 0.172 e. The standard InChI is InChI=1S/C19H18N6OS/c1-11-16(25-15-8-6-5-7-14(15)22-23-25)9-13-17(20-10-24(3)4)18(12(2)26)27-19(13)21-11/h5-10H,1-4H3. The number of aryl methyl sites for hydroxylation is 1. The summed E-state index contributed by atoms with van der Waals surface area (Å²) in [6, 6.07) is 9.77. The number of carbonyl (C=O) groups is 1. The Kier molecular flexibility index (Phi) is 4.19. The number of nitrogens with zero attached hydrogens (tertiary/aromatic N) is 6. The largest absolute Gasteiger partial charge is 0.369 e. The summed E-state index contributed by atoms with van der Waals surface area (Å²) in [6.45, 7) is 3.49. The lowest BCUT2D eigenvalue weighted by molar-refractivity contribution is 0.102. The molecular weight excluding hydrogens is 360 g/mol. The van der Waals surface area contributed by atoms with Crippen LogP contribution in [0, 0.1) is 6.92 Å². The Morgan fingerprint density at radius 3 is 2.81 bits per heavy atom. The van der Waals surface area contributed by atoms with E-state index in [0.717, 1.165) is 32.6 Å². The number of rotatable bonds is 4. The molecule has 0 saturated carbocycles. The molecule has 0 aliphatic rings. The smallest absolute Gasteiger partial charge is 0.172 e. The third-order valence-corrected chi connectivity index (χ3v) is 5.33. The highest BCUT2D eigenvalue weighted by atomic mass is 32.1. The quantitative estimate of drug-likeness (QED) is 0.307. The predicted molar refractivity (Wildman–Crippen MR) is 109 cm³/mol. The number of Topliss-reactive ketones (excluding diaryl/α,β-unsaturated/α-hetero) is 1. The maximum absolute atomic E-state index is 12.1. The van der Waals surface area contributed by atoms with Crippen molar-refractivity contribution in [1.29, 1.82) is 0 Å². The molecule has 1 aromatic carbocycles. The van der Waals surface area contributed by atoms with Crippen LogP contribution in [0.5, 0.6) is 0 Å². The molecule has 4 aromatic rings. The highest BCUT2D eigenvalue weighted by Crippen LogP contribution is 2.39. The Labute approximate surface area is 160 Å². The average Bonchev–Trinajstić information content (AvgIpc) is 3.20. The molecule has 4 rings (SSSR count). The third kappa shape index (κ3) is 2.97. The minimum absolute atomic E-state index is 0.0192. The van der Waals surface area contributed by atoms with Crippen molar-refractivity contribution in [2.75, 3.05) is 14.1 Å². The Bertz CT molecular complexity index is 1200. The molecule has 0 radical (unpaired) electrons. The fourth-order valence-electron chi connectivity index (χ4n) is 2.89. The maximum atomic E-state index is 12.1. The minimum Gasteiger partial charge on any atom is -0.369 e. The fourth-order valence-corrected chi connectivity index (χ4v) is 3.93. The normalized spacial score (nSPS) is 11.7. The highest BCUT2D eigenvalue weighted by molar-refractivity contribution is 7.21. The molecule has 3 aromatic heterocycles. The molecule has 0 aliphatic heterocycles. The van der Waals surface area contributed by atoms with Gasteiger partial charge in [0.25, 0.3) is 0 Å². The molecule has 0 fully saturated rings. The first-order chi connectivity index (χ1) is 13.0. The summed E-state index contributed by atoms with van der Waals surface area (Å²) in [6.07, 6.45) is 1.69. The van der Waals surface area contributed by atoms with Gasteiger partial charge in [-0.1, -0.05) is 17.3 Å². The second kappa shape index (κ2) is 6.55. The van der Waals surface area contributed by atoms with Crippen molar-refractivity contribution in [3.8, 4) is 5.69 Å². The molecule has 0 bridgehead atoms. The van der Waals surface area contributed by atoms with Crippen LogP contribution in [-0.4, -0.2) is 51.1 Å². The zero-order valence-corrected chi connectivity index (χ0v) is 16.3. The summed E-state index contributed by atoms with van der Waals surface area (Å²) in [5.74, 6) is -0.0192. The number of benzene rings is 1. The van der Waals surface area contributed by atoms with E-state index in [1.54, 1.807) is 17.9 Å². The van der Waals surface area contributed by atoms with E-state index in [9.17, 15) is 4.79 Å². The van der Waals surface area contributed by atoms with Crippen LogP contribution in [0.4, 0.5) is 5.69 Å². The van der Waals surface area contributed by atoms with Gasteiger partial charge in [0, 0.05) is 26.4 Å². The molecule has 0 atom stereocenters. The number of pyridine rings is 1. The number of aliphatic imine (C=N–C) groups is 1. The van der Waals surface area contributed by atoms with Gasteiger partial charge < -0.3 is 4.90 Å². The molecule has 0 saturated heterocycles. The van der Waals surface area contributed by atoms with Gasteiger partial charge in [-0.3, -0.25) is 4.79 Å². The number of fused-ring (bicyclic) bond motifs is 2. The Morgan fingerprint density at radius 1 is 1.30 bits per heavy atom. The lowest BCUT2D eigenvalue weighted by Gasteiger charge is -2.07. The van der Waals surface area contributed by atoms with Crippen LogP contribution in [0.25, 0.3) is 26.9 Å². The van der Waals surface area contributed by atoms with Gasteiger partial charge in [0.1, 0.15) is 10.3 Å². The predicted octanol–water partition coefficient (Wildman–Crippen LogP) is 3.76. The van der Waals surface area contributed by atoms with Gasteiger partial charge in [0.05, 0.1) is 33.8 Å². The van der Waals surface area contributed by atoms with Gasteiger partial charge in [-0.2, -0.15) is 0 Å². The Morgan fingerprint density at radius 2 is 2.07 bits per heavy atom. The summed E-state index contributed by atoms with van der Waals surface area (Å²) in [4.78, 5) is 24.6. The van der Waals surface area contributed by atoms with E-state index in [4.69, 9.17) is 4.98 Å². The lowest BCUT2D eigenvalue weighted by atomic mass is 10.2. The molecule has 0 amide bonds. The molecule has 0 aliphatic carbocycles. The number of carbonyl (C=O) groups excluding carboxylic acids is 1. The summed E-state index contributed by atoms with van der Waals surface area (Å²) < 4.78 is 1.78. The van der Waals surface area contributed by atoms with Crippen LogP contribution in [0.3, 0.4) is 0 Å². The SMILES string of the molecule is CC(=O)c1sc2nc(C)c(-n3nnc4ccccc43)cc2c1N=CN(C)C. The van der Waals surface area contributed by atoms with Crippen molar-refractivity contribution in [3.05, 3.63) is 40.9 Å². The van der Waals surface area contributed by atoms with Crippen molar-refractivity contribution >= 4 is 50.4 Å². The topological polar surface area (TPSA) is 76.3 Å². The summed E-state index contributed by atoms with van der Waals surface area (Å²) in [7, 11) is 3.78. The molecule has 0 unspecified atom stereocenters. The van der Waals surface area contributed by atoms with Crippen molar-refractivity contribution in [2.45, 2.75) is 13.8 Å².